The van der Waals surface area contributed by atoms with E-state index in [1.165, 1.54) is 6.42 Å². The first-order valence-electron chi connectivity index (χ1n) is 10.1. The molecular weight excluding hydrogens is 378 g/mol. The lowest BCUT2D eigenvalue weighted by molar-refractivity contribution is -0.145. The number of rotatable bonds is 6. The number of nitrogens with one attached hydrogen (secondary N) is 2. The van der Waals surface area contributed by atoms with Crippen molar-refractivity contribution in [1.82, 2.24) is 14.9 Å². The van der Waals surface area contributed by atoms with Crippen molar-refractivity contribution in [3.63, 3.8) is 0 Å². The van der Waals surface area contributed by atoms with Gasteiger partial charge in [0.2, 0.25) is 10.0 Å². The van der Waals surface area contributed by atoms with Gasteiger partial charge in [-0.15, -0.1) is 0 Å². The van der Waals surface area contributed by atoms with E-state index in [1.807, 2.05) is 0 Å². The van der Waals surface area contributed by atoms with Crippen LogP contribution in [0.25, 0.3) is 0 Å². The van der Waals surface area contributed by atoms with E-state index in [4.69, 9.17) is 0 Å². The summed E-state index contributed by atoms with van der Waals surface area (Å²) in [6.07, 6.45) is 7.53. The third kappa shape index (κ3) is 5.54. The Morgan fingerprint density at radius 3 is 2.25 bits per heavy atom. The topological polar surface area (TPSA) is 95.6 Å². The third-order valence-corrected chi connectivity index (χ3v) is 6.98. The average molecular weight is 408 g/mol. The van der Waals surface area contributed by atoms with E-state index in [2.05, 4.69) is 10.0 Å². The highest BCUT2D eigenvalue weighted by Crippen LogP contribution is 2.20. The molecule has 2 fully saturated rings. The van der Waals surface area contributed by atoms with E-state index in [-0.39, 0.29) is 10.9 Å². The molecule has 0 bridgehead atoms. The van der Waals surface area contributed by atoms with Crippen molar-refractivity contribution in [2.24, 2.45) is 0 Å². The van der Waals surface area contributed by atoms with Crippen molar-refractivity contribution in [2.75, 3.05) is 19.6 Å². The number of likely N-dealkylation sites (tertiary alicyclic amines) is 1. The molecule has 0 unspecified atom stereocenters. The lowest BCUT2D eigenvalue weighted by Crippen LogP contribution is -2.42. The Hall–Kier alpha value is -1.93. The lowest BCUT2D eigenvalue weighted by Gasteiger charge is -2.22. The Labute approximate surface area is 166 Å². The fourth-order valence-corrected chi connectivity index (χ4v) is 5.11. The number of sulfonamides is 1. The molecule has 0 radical (unpaired) electrons. The Bertz CT molecular complexity index is 780. The van der Waals surface area contributed by atoms with Crippen LogP contribution in [-0.4, -0.2) is 50.8 Å². The minimum absolute atomic E-state index is 0.0294. The molecule has 1 aliphatic heterocycles. The fourth-order valence-electron chi connectivity index (χ4n) is 3.80. The zero-order chi connectivity index (χ0) is 20.0. The van der Waals surface area contributed by atoms with Crippen LogP contribution in [-0.2, 0) is 26.0 Å². The molecule has 0 aromatic heterocycles. The van der Waals surface area contributed by atoms with Crippen LogP contribution >= 0.6 is 0 Å². The van der Waals surface area contributed by atoms with Gasteiger partial charge in [-0.05, 0) is 49.8 Å². The van der Waals surface area contributed by atoms with E-state index in [0.29, 0.717) is 26.1 Å². The third-order valence-electron chi connectivity index (χ3n) is 5.45. The van der Waals surface area contributed by atoms with Crippen LogP contribution in [0.15, 0.2) is 29.2 Å². The molecule has 2 N–H and O–H groups in total. The van der Waals surface area contributed by atoms with E-state index < -0.39 is 21.8 Å². The van der Waals surface area contributed by atoms with Gasteiger partial charge in [-0.1, -0.05) is 31.4 Å². The largest absolute Gasteiger partial charge is 0.347 e. The molecule has 1 aromatic rings. The van der Waals surface area contributed by atoms with Gasteiger partial charge < -0.3 is 10.2 Å². The van der Waals surface area contributed by atoms with E-state index in [9.17, 15) is 18.0 Å². The van der Waals surface area contributed by atoms with Crippen LogP contribution in [0, 0.1) is 0 Å². The molecule has 1 aliphatic carbocycles. The second kappa shape index (κ2) is 9.52. The van der Waals surface area contributed by atoms with Gasteiger partial charge in [-0.2, -0.15) is 0 Å². The molecule has 3 rings (SSSR count). The molecule has 1 saturated carbocycles. The Kier molecular flexibility index (Phi) is 7.07. The predicted octanol–water partition coefficient (Wildman–Crippen LogP) is 1.58. The number of benzene rings is 1. The van der Waals surface area contributed by atoms with Gasteiger partial charge in [-0.25, -0.2) is 13.1 Å². The van der Waals surface area contributed by atoms with E-state index >= 15 is 0 Å². The molecule has 7 nitrogen and oxygen atoms in total. The zero-order valence-electron chi connectivity index (χ0n) is 16.2. The van der Waals surface area contributed by atoms with Crippen LogP contribution < -0.4 is 10.0 Å². The molecule has 154 valence electrons. The minimum Gasteiger partial charge on any atom is -0.347 e. The molecular formula is C20H29N3O4S. The van der Waals surface area contributed by atoms with Gasteiger partial charge in [0.15, 0.2) is 0 Å². The number of carbonyl (C=O) groups is 2. The summed E-state index contributed by atoms with van der Waals surface area (Å²) in [5, 5.41) is 2.65. The normalized spacial score (nSPS) is 18.2. The highest BCUT2D eigenvalue weighted by molar-refractivity contribution is 7.89. The van der Waals surface area contributed by atoms with E-state index in [1.54, 1.807) is 29.2 Å². The number of hydrogen-bond donors (Lipinski definition) is 2. The van der Waals surface area contributed by atoms with Crippen molar-refractivity contribution < 1.29 is 18.0 Å². The van der Waals surface area contributed by atoms with Crippen LogP contribution in [0.1, 0.15) is 50.5 Å². The summed E-state index contributed by atoms with van der Waals surface area (Å²) in [6, 6.07) is 6.73. The average Bonchev–Trinajstić information content (AvgIpc) is 3.23. The summed E-state index contributed by atoms with van der Waals surface area (Å²) in [4.78, 5) is 25.7. The molecule has 8 heteroatoms. The highest BCUT2D eigenvalue weighted by Gasteiger charge is 2.24. The van der Waals surface area contributed by atoms with Gasteiger partial charge >= 0.3 is 11.8 Å². The fraction of sp³-hybridized carbons (Fsp3) is 0.600. The SMILES string of the molecule is O=C(NCCc1ccc(S(=O)(=O)NC2CCCCC2)cc1)C(=O)N1CCCC1. The van der Waals surface area contributed by atoms with Gasteiger partial charge in [0.05, 0.1) is 4.90 Å². The van der Waals surface area contributed by atoms with Crippen molar-refractivity contribution in [1.29, 1.82) is 0 Å². The summed E-state index contributed by atoms with van der Waals surface area (Å²) in [5.41, 5.74) is 0.908. The molecule has 1 aromatic carbocycles. The molecule has 2 aliphatic rings. The van der Waals surface area contributed by atoms with Crippen LogP contribution in [0.3, 0.4) is 0 Å². The Morgan fingerprint density at radius 2 is 1.61 bits per heavy atom. The van der Waals surface area contributed by atoms with E-state index in [0.717, 1.165) is 44.1 Å². The number of nitrogens with zero attached hydrogens (tertiary/aromatic N) is 1. The van der Waals surface area contributed by atoms with Crippen LogP contribution in [0.5, 0.6) is 0 Å². The first-order valence-corrected chi connectivity index (χ1v) is 11.6. The molecule has 0 atom stereocenters. The summed E-state index contributed by atoms with van der Waals surface area (Å²) in [6.45, 7) is 1.64. The maximum absolute atomic E-state index is 12.5. The van der Waals surface area contributed by atoms with Gasteiger partial charge in [0, 0.05) is 25.7 Å². The zero-order valence-corrected chi connectivity index (χ0v) is 17.0. The molecule has 1 heterocycles. The smallest absolute Gasteiger partial charge is 0.311 e. The number of carbonyl (C=O) groups excluding carboxylic acids is 2. The summed E-state index contributed by atoms with van der Waals surface area (Å²) >= 11 is 0. The first kappa shape index (κ1) is 20.8. The number of amides is 2. The summed E-state index contributed by atoms with van der Waals surface area (Å²) in [7, 11) is -3.50. The predicted molar refractivity (Wildman–Crippen MR) is 106 cm³/mol. The second-order valence-corrected chi connectivity index (χ2v) is 9.32. The Balaban J connectivity index is 1.47. The monoisotopic (exact) mass is 407 g/mol. The Morgan fingerprint density at radius 1 is 0.964 bits per heavy atom. The maximum atomic E-state index is 12.5. The van der Waals surface area contributed by atoms with Gasteiger partial charge in [-0.3, -0.25) is 9.59 Å². The molecule has 0 spiro atoms. The lowest BCUT2D eigenvalue weighted by atomic mass is 9.96. The van der Waals surface area contributed by atoms with Crippen molar-refractivity contribution >= 4 is 21.8 Å². The molecule has 1 saturated heterocycles. The van der Waals surface area contributed by atoms with Crippen LogP contribution in [0.4, 0.5) is 0 Å². The van der Waals surface area contributed by atoms with Crippen molar-refractivity contribution in [2.45, 2.75) is 62.3 Å². The quantitative estimate of drug-likeness (QED) is 0.700. The van der Waals surface area contributed by atoms with Gasteiger partial charge in [0.1, 0.15) is 0 Å². The number of hydrogen-bond acceptors (Lipinski definition) is 4. The summed E-state index contributed by atoms with van der Waals surface area (Å²) < 4.78 is 27.8. The molecule has 28 heavy (non-hydrogen) atoms. The summed E-state index contributed by atoms with van der Waals surface area (Å²) in [5.74, 6) is -1.04. The molecule has 2 amide bonds. The highest BCUT2D eigenvalue weighted by atomic mass is 32.2. The second-order valence-electron chi connectivity index (χ2n) is 7.61. The standard InChI is InChI=1S/C20H29N3O4S/c24-19(20(25)23-14-4-5-15-23)21-13-12-16-8-10-18(11-9-16)28(26,27)22-17-6-2-1-3-7-17/h8-11,17,22H,1-7,12-15H2,(H,21,24). The maximum Gasteiger partial charge on any atom is 0.311 e. The van der Waals surface area contributed by atoms with Crippen molar-refractivity contribution in [3.8, 4) is 0 Å². The van der Waals surface area contributed by atoms with Crippen molar-refractivity contribution in [3.05, 3.63) is 29.8 Å². The van der Waals surface area contributed by atoms with Crippen LogP contribution in [0.2, 0.25) is 0 Å². The minimum atomic E-state index is -3.50. The van der Waals surface area contributed by atoms with Gasteiger partial charge in [0.25, 0.3) is 0 Å². The first-order chi connectivity index (χ1) is 13.5.